The van der Waals surface area contributed by atoms with Crippen LogP contribution in [0.4, 0.5) is 8.78 Å². The van der Waals surface area contributed by atoms with Gasteiger partial charge in [-0.25, -0.2) is 4.39 Å². The Hall–Kier alpha value is -1.74. The molecule has 1 saturated heterocycles. The van der Waals surface area contributed by atoms with Gasteiger partial charge in [-0.1, -0.05) is 0 Å². The Morgan fingerprint density at radius 2 is 1.75 bits per heavy atom. The molecule has 0 bridgehead atoms. The largest absolute Gasteiger partial charge is 0.474 e. The molecular formula is C16H15F2NO4S. The van der Waals surface area contributed by atoms with Gasteiger partial charge in [0, 0.05) is 18.1 Å². The second-order valence-corrected chi connectivity index (χ2v) is 6.51. The van der Waals surface area contributed by atoms with Crippen molar-refractivity contribution in [3.05, 3.63) is 48.3 Å². The monoisotopic (exact) mass is 355 g/mol. The average molecular weight is 355 g/mol. The maximum Gasteiger partial charge on any atom is 0.200 e. The van der Waals surface area contributed by atoms with Crippen LogP contribution in [0, 0.1) is 11.6 Å². The van der Waals surface area contributed by atoms with Crippen LogP contribution in [0.1, 0.15) is 0 Å². The third kappa shape index (κ3) is 3.36. The smallest absolute Gasteiger partial charge is 0.200 e. The number of aromatic nitrogens is 1. The minimum Gasteiger partial charge on any atom is -0.474 e. The van der Waals surface area contributed by atoms with Gasteiger partial charge in [0.15, 0.2) is 17.0 Å². The van der Waals surface area contributed by atoms with Crippen molar-refractivity contribution in [2.24, 2.45) is 0 Å². The van der Waals surface area contributed by atoms with Gasteiger partial charge in [0.05, 0.1) is 6.10 Å². The molecule has 0 radical (unpaired) electrons. The molecule has 1 aromatic heterocycles. The summed E-state index contributed by atoms with van der Waals surface area (Å²) in [6.45, 7) is 0. The normalized spacial score (nSPS) is 27.0. The summed E-state index contributed by atoms with van der Waals surface area (Å²) >= 11 is 1.01. The first-order valence-electron chi connectivity index (χ1n) is 7.19. The number of aliphatic hydroxyl groups is 3. The summed E-state index contributed by atoms with van der Waals surface area (Å²) in [5.41, 5.74) is -0.00627. The molecule has 1 aliphatic rings. The SMILES string of the molecule is O[C@@H]1[C@@H](O)[C@@H](Oc2cc(-c3ccncc3)cc(F)c2F)SC[C@H]1O. The van der Waals surface area contributed by atoms with E-state index in [0.29, 0.717) is 11.1 Å². The minimum atomic E-state index is -1.43. The molecule has 3 N–H and O–H groups in total. The molecule has 5 nitrogen and oxygen atoms in total. The standard InChI is InChI=1S/C16H15F2NO4S/c17-10-5-9(8-1-3-19-4-2-8)6-12(13(10)18)23-16-15(22)14(21)11(20)7-24-16/h1-6,11,14-16,20-22H,7H2/t11-,14+,15-,16+/m1/s1. The molecule has 8 heteroatoms. The van der Waals surface area contributed by atoms with Crippen LogP contribution in [0.3, 0.4) is 0 Å². The van der Waals surface area contributed by atoms with E-state index in [2.05, 4.69) is 4.98 Å². The van der Waals surface area contributed by atoms with Crippen LogP contribution in [0.15, 0.2) is 36.7 Å². The lowest BCUT2D eigenvalue weighted by molar-refractivity contribution is -0.0790. The maximum absolute atomic E-state index is 14.0. The third-order valence-electron chi connectivity index (χ3n) is 3.71. The molecule has 3 rings (SSSR count). The number of hydrogen-bond donors (Lipinski definition) is 3. The first kappa shape index (κ1) is 17.1. The van der Waals surface area contributed by atoms with Crippen molar-refractivity contribution in [1.29, 1.82) is 0 Å². The Kier molecular flexibility index (Phi) is 5.00. The van der Waals surface area contributed by atoms with Crippen LogP contribution in [0.25, 0.3) is 11.1 Å². The van der Waals surface area contributed by atoms with E-state index in [1.165, 1.54) is 18.5 Å². The summed E-state index contributed by atoms with van der Waals surface area (Å²) in [6, 6.07) is 5.64. The van der Waals surface area contributed by atoms with Gasteiger partial charge in [-0.05, 0) is 35.4 Å². The lowest BCUT2D eigenvalue weighted by atomic mass is 10.1. The minimum absolute atomic E-state index is 0.108. The van der Waals surface area contributed by atoms with E-state index in [0.717, 1.165) is 17.8 Å². The van der Waals surface area contributed by atoms with Gasteiger partial charge >= 0.3 is 0 Å². The Morgan fingerprint density at radius 3 is 2.46 bits per heavy atom. The van der Waals surface area contributed by atoms with Gasteiger partial charge in [-0.3, -0.25) is 4.98 Å². The molecule has 2 heterocycles. The van der Waals surface area contributed by atoms with E-state index < -0.39 is 35.4 Å². The molecule has 1 fully saturated rings. The van der Waals surface area contributed by atoms with E-state index in [1.807, 2.05) is 0 Å². The molecule has 0 aliphatic carbocycles. The number of benzene rings is 1. The molecule has 2 aromatic rings. The molecule has 0 amide bonds. The third-order valence-corrected chi connectivity index (χ3v) is 4.94. The Labute approximate surface area is 140 Å². The zero-order valence-corrected chi connectivity index (χ0v) is 13.2. The van der Waals surface area contributed by atoms with Crippen molar-refractivity contribution in [3.8, 4) is 16.9 Å². The summed E-state index contributed by atoms with van der Waals surface area (Å²) in [5.74, 6) is -2.53. The van der Waals surface area contributed by atoms with Crippen molar-refractivity contribution in [1.82, 2.24) is 4.98 Å². The van der Waals surface area contributed by atoms with Gasteiger partial charge in [-0.2, -0.15) is 4.39 Å². The highest BCUT2D eigenvalue weighted by Gasteiger charge is 2.39. The van der Waals surface area contributed by atoms with Crippen molar-refractivity contribution >= 4 is 11.8 Å². The first-order chi connectivity index (χ1) is 11.5. The Balaban J connectivity index is 1.89. The van der Waals surface area contributed by atoms with Crippen molar-refractivity contribution in [2.45, 2.75) is 23.7 Å². The van der Waals surface area contributed by atoms with Gasteiger partial charge in [0.25, 0.3) is 0 Å². The number of ether oxygens (including phenoxy) is 1. The van der Waals surface area contributed by atoms with E-state index in [-0.39, 0.29) is 11.5 Å². The Bertz CT molecular complexity index is 719. The van der Waals surface area contributed by atoms with E-state index in [9.17, 15) is 24.1 Å². The van der Waals surface area contributed by atoms with Crippen LogP contribution in [-0.4, -0.2) is 49.8 Å². The van der Waals surface area contributed by atoms with Crippen LogP contribution in [-0.2, 0) is 0 Å². The number of thioether (sulfide) groups is 1. The summed E-state index contributed by atoms with van der Waals surface area (Å²) in [4.78, 5) is 3.87. The Morgan fingerprint density at radius 1 is 1.04 bits per heavy atom. The number of aliphatic hydroxyl groups excluding tert-OH is 3. The van der Waals surface area contributed by atoms with Crippen LogP contribution >= 0.6 is 11.8 Å². The fraction of sp³-hybridized carbons (Fsp3) is 0.312. The number of nitrogens with zero attached hydrogens (tertiary/aromatic N) is 1. The lowest BCUT2D eigenvalue weighted by Gasteiger charge is -2.34. The molecule has 24 heavy (non-hydrogen) atoms. The fourth-order valence-electron chi connectivity index (χ4n) is 2.37. The molecule has 0 spiro atoms. The van der Waals surface area contributed by atoms with E-state index in [4.69, 9.17) is 4.74 Å². The van der Waals surface area contributed by atoms with Gasteiger partial charge < -0.3 is 20.1 Å². The van der Waals surface area contributed by atoms with E-state index >= 15 is 0 Å². The van der Waals surface area contributed by atoms with Crippen molar-refractivity contribution < 1.29 is 28.8 Å². The summed E-state index contributed by atoms with van der Waals surface area (Å²) in [6.07, 6.45) is -0.890. The highest BCUT2D eigenvalue weighted by molar-refractivity contribution is 7.99. The van der Waals surface area contributed by atoms with Crippen LogP contribution in [0.2, 0.25) is 0 Å². The second-order valence-electron chi connectivity index (χ2n) is 5.37. The molecule has 0 saturated carbocycles. The molecule has 1 aromatic carbocycles. The van der Waals surface area contributed by atoms with E-state index in [1.54, 1.807) is 12.1 Å². The predicted octanol–water partition coefficient (Wildman–Crippen LogP) is 1.56. The number of pyridine rings is 1. The zero-order chi connectivity index (χ0) is 17.3. The number of rotatable bonds is 3. The highest BCUT2D eigenvalue weighted by Crippen LogP contribution is 2.33. The van der Waals surface area contributed by atoms with Gasteiger partial charge in [0.1, 0.15) is 12.2 Å². The van der Waals surface area contributed by atoms with Crippen LogP contribution < -0.4 is 4.74 Å². The quantitative estimate of drug-likeness (QED) is 0.775. The summed E-state index contributed by atoms with van der Waals surface area (Å²) in [5, 5.41) is 29.1. The predicted molar refractivity (Wildman–Crippen MR) is 84.5 cm³/mol. The van der Waals surface area contributed by atoms with Gasteiger partial charge in [0.2, 0.25) is 5.82 Å². The lowest BCUT2D eigenvalue weighted by Crippen LogP contribution is -2.50. The summed E-state index contributed by atoms with van der Waals surface area (Å²) in [7, 11) is 0. The van der Waals surface area contributed by atoms with Gasteiger partial charge in [-0.15, -0.1) is 11.8 Å². The molecule has 4 atom stereocenters. The van der Waals surface area contributed by atoms with Crippen LogP contribution in [0.5, 0.6) is 5.75 Å². The molecule has 0 unspecified atom stereocenters. The van der Waals surface area contributed by atoms with Crippen molar-refractivity contribution in [3.63, 3.8) is 0 Å². The average Bonchev–Trinajstić information content (AvgIpc) is 2.59. The molecular weight excluding hydrogens is 340 g/mol. The number of halogens is 2. The van der Waals surface area contributed by atoms with Crippen molar-refractivity contribution in [2.75, 3.05) is 5.75 Å². The molecule has 128 valence electrons. The second kappa shape index (κ2) is 7.02. The topological polar surface area (TPSA) is 82.8 Å². The summed E-state index contributed by atoms with van der Waals surface area (Å²) < 4.78 is 33.3. The highest BCUT2D eigenvalue weighted by atomic mass is 32.2. The first-order valence-corrected chi connectivity index (χ1v) is 8.24. The maximum atomic E-state index is 14.0. The zero-order valence-electron chi connectivity index (χ0n) is 12.3. The fourth-order valence-corrected chi connectivity index (χ4v) is 3.48. The molecule has 1 aliphatic heterocycles. The number of hydrogen-bond acceptors (Lipinski definition) is 6.